The average molecular weight is 402 g/mol. The topological polar surface area (TPSA) is 79.3 Å². The molecule has 1 unspecified atom stereocenters. The average Bonchev–Trinajstić information content (AvgIpc) is 2.63. The minimum Gasteiger partial charge on any atom is -0.448 e. The van der Waals surface area contributed by atoms with Gasteiger partial charge in [0.05, 0.1) is 5.69 Å². The van der Waals surface area contributed by atoms with E-state index in [0.717, 1.165) is 11.1 Å². The van der Waals surface area contributed by atoms with E-state index >= 15 is 0 Å². The Morgan fingerprint density at radius 2 is 1.69 bits per heavy atom. The summed E-state index contributed by atoms with van der Waals surface area (Å²) in [5, 5.41) is 5.53. The number of carbonyl (C=O) groups excluding carboxylic acids is 3. The second-order valence-corrected chi connectivity index (χ2v) is 8.02. The van der Waals surface area contributed by atoms with Crippen molar-refractivity contribution >= 4 is 29.2 Å². The molecule has 1 aliphatic heterocycles. The van der Waals surface area contributed by atoms with Crippen molar-refractivity contribution in [3.63, 3.8) is 0 Å². The lowest BCUT2D eigenvalue weighted by Crippen LogP contribution is -2.48. The zero-order valence-electron chi connectivity index (χ0n) is 18.4. The molecular formula is C22H31N3O4. The Balaban J connectivity index is 2.20. The van der Waals surface area contributed by atoms with E-state index in [1.165, 1.54) is 5.01 Å². The summed E-state index contributed by atoms with van der Waals surface area (Å²) in [6, 6.07) is 5.71. The van der Waals surface area contributed by atoms with Crippen LogP contribution in [0.5, 0.6) is 0 Å². The lowest BCUT2D eigenvalue weighted by atomic mass is 10.1. The lowest BCUT2D eigenvalue weighted by Gasteiger charge is -2.33. The van der Waals surface area contributed by atoms with Gasteiger partial charge in [-0.3, -0.25) is 9.59 Å². The van der Waals surface area contributed by atoms with Gasteiger partial charge in [0, 0.05) is 24.9 Å². The Hall–Kier alpha value is -2.70. The zero-order chi connectivity index (χ0) is 21.9. The minimum atomic E-state index is -0.929. The number of esters is 1. The van der Waals surface area contributed by atoms with E-state index in [4.69, 9.17) is 4.74 Å². The molecule has 0 bridgehead atoms. The third kappa shape index (κ3) is 5.22. The Morgan fingerprint density at radius 1 is 1.07 bits per heavy atom. The van der Waals surface area contributed by atoms with E-state index in [2.05, 4.69) is 5.10 Å². The summed E-state index contributed by atoms with van der Waals surface area (Å²) in [7, 11) is 0. The Morgan fingerprint density at radius 3 is 2.28 bits per heavy atom. The monoisotopic (exact) mass is 401 g/mol. The van der Waals surface area contributed by atoms with Gasteiger partial charge in [-0.15, -0.1) is 0 Å². The second kappa shape index (κ2) is 9.20. The molecule has 0 aromatic heterocycles. The van der Waals surface area contributed by atoms with Crippen LogP contribution in [-0.2, 0) is 19.1 Å². The first kappa shape index (κ1) is 22.6. The van der Waals surface area contributed by atoms with Crippen LogP contribution in [-0.4, -0.2) is 46.6 Å². The van der Waals surface area contributed by atoms with E-state index in [-0.39, 0.29) is 42.5 Å². The van der Waals surface area contributed by atoms with Gasteiger partial charge >= 0.3 is 5.97 Å². The van der Waals surface area contributed by atoms with Crippen LogP contribution >= 0.6 is 0 Å². The highest BCUT2D eigenvalue weighted by atomic mass is 16.5. The number of carbonyl (C=O) groups is 3. The SMILES string of the molecule is Cc1ccc(C)c(N2N=C(C(=O)OC(C)C(=O)N(C(C)C)C(C)C)CCC2=O)c1. The molecule has 0 N–H and O–H groups in total. The number of hydrogen-bond donors (Lipinski definition) is 0. The molecule has 0 fully saturated rings. The van der Waals surface area contributed by atoms with Crippen LogP contribution in [0.2, 0.25) is 0 Å². The fourth-order valence-electron chi connectivity index (χ4n) is 3.43. The predicted octanol–water partition coefficient (Wildman–Crippen LogP) is 3.36. The molecule has 1 heterocycles. The van der Waals surface area contributed by atoms with Crippen LogP contribution < -0.4 is 5.01 Å². The van der Waals surface area contributed by atoms with Crippen molar-refractivity contribution in [2.24, 2.45) is 5.10 Å². The predicted molar refractivity (Wildman–Crippen MR) is 113 cm³/mol. The number of anilines is 1. The fraction of sp³-hybridized carbons (Fsp3) is 0.545. The molecular weight excluding hydrogens is 370 g/mol. The highest BCUT2D eigenvalue weighted by Crippen LogP contribution is 2.25. The van der Waals surface area contributed by atoms with Crippen molar-refractivity contribution in [3.05, 3.63) is 29.3 Å². The zero-order valence-corrected chi connectivity index (χ0v) is 18.4. The van der Waals surface area contributed by atoms with E-state index in [1.54, 1.807) is 11.8 Å². The minimum absolute atomic E-state index is 0.00641. The molecule has 1 aromatic rings. The van der Waals surface area contributed by atoms with Gasteiger partial charge in [0.25, 0.3) is 5.91 Å². The van der Waals surface area contributed by atoms with Crippen LogP contribution in [0.1, 0.15) is 58.6 Å². The molecule has 7 heteroatoms. The van der Waals surface area contributed by atoms with Crippen molar-refractivity contribution in [3.8, 4) is 0 Å². The van der Waals surface area contributed by atoms with Gasteiger partial charge in [-0.25, -0.2) is 4.79 Å². The molecule has 0 radical (unpaired) electrons. The van der Waals surface area contributed by atoms with Crippen LogP contribution in [0.25, 0.3) is 0 Å². The summed E-state index contributed by atoms with van der Waals surface area (Å²) in [6.07, 6.45) is -0.576. The molecule has 158 valence electrons. The molecule has 0 saturated carbocycles. The maximum Gasteiger partial charge on any atom is 0.355 e. The summed E-state index contributed by atoms with van der Waals surface area (Å²) in [4.78, 5) is 39.4. The van der Waals surface area contributed by atoms with E-state index in [9.17, 15) is 14.4 Å². The summed E-state index contributed by atoms with van der Waals surface area (Å²) < 4.78 is 5.41. The number of amides is 2. The molecule has 7 nitrogen and oxygen atoms in total. The first-order chi connectivity index (χ1) is 13.5. The third-order valence-electron chi connectivity index (χ3n) is 4.86. The molecule has 0 aliphatic carbocycles. The quantitative estimate of drug-likeness (QED) is 0.685. The first-order valence-corrected chi connectivity index (χ1v) is 10.0. The molecule has 2 rings (SSSR count). The number of hydrogen-bond acceptors (Lipinski definition) is 5. The van der Waals surface area contributed by atoms with Gasteiger partial charge in [0.1, 0.15) is 5.71 Å². The van der Waals surface area contributed by atoms with Crippen LogP contribution in [0.3, 0.4) is 0 Å². The number of aryl methyl sites for hydroxylation is 2. The molecule has 2 amide bonds. The van der Waals surface area contributed by atoms with Gasteiger partial charge in [-0.2, -0.15) is 10.1 Å². The van der Waals surface area contributed by atoms with Crippen LogP contribution in [0, 0.1) is 13.8 Å². The van der Waals surface area contributed by atoms with Crippen LogP contribution in [0.4, 0.5) is 5.69 Å². The summed E-state index contributed by atoms with van der Waals surface area (Å²) in [5.74, 6) is -1.09. The number of hydrazone groups is 1. The number of nitrogens with zero attached hydrogens (tertiary/aromatic N) is 3. The number of ether oxygens (including phenoxy) is 1. The second-order valence-electron chi connectivity index (χ2n) is 8.02. The van der Waals surface area contributed by atoms with Gasteiger partial charge < -0.3 is 9.64 Å². The number of benzene rings is 1. The summed E-state index contributed by atoms with van der Waals surface area (Å²) in [5.41, 5.74) is 2.67. The van der Waals surface area contributed by atoms with Gasteiger partial charge in [-0.1, -0.05) is 12.1 Å². The van der Waals surface area contributed by atoms with Crippen molar-refractivity contribution in [1.82, 2.24) is 4.90 Å². The van der Waals surface area contributed by atoms with E-state index in [1.807, 2.05) is 59.7 Å². The Bertz CT molecular complexity index is 821. The largest absolute Gasteiger partial charge is 0.448 e. The van der Waals surface area contributed by atoms with Crippen molar-refractivity contribution in [1.29, 1.82) is 0 Å². The molecule has 0 saturated heterocycles. The molecule has 0 spiro atoms. The maximum absolute atomic E-state index is 12.7. The summed E-state index contributed by atoms with van der Waals surface area (Å²) in [6.45, 7) is 13.1. The standard InChI is InChI=1S/C22H31N3O4/c1-13(2)24(14(3)4)21(27)17(7)29-22(28)18-10-11-20(26)25(23-18)19-12-15(5)8-9-16(19)6/h8-9,12-14,17H,10-11H2,1-7H3. The van der Waals surface area contributed by atoms with Gasteiger partial charge in [0.2, 0.25) is 5.91 Å². The highest BCUT2D eigenvalue weighted by molar-refractivity contribution is 6.38. The Kier molecular flexibility index (Phi) is 7.16. The van der Waals surface area contributed by atoms with Crippen molar-refractivity contribution in [2.45, 2.75) is 79.5 Å². The summed E-state index contributed by atoms with van der Waals surface area (Å²) >= 11 is 0. The van der Waals surface area contributed by atoms with Crippen LogP contribution in [0.15, 0.2) is 23.3 Å². The van der Waals surface area contributed by atoms with Gasteiger partial charge in [-0.05, 0) is 65.7 Å². The highest BCUT2D eigenvalue weighted by Gasteiger charge is 2.31. The normalized spacial score (nSPS) is 15.4. The third-order valence-corrected chi connectivity index (χ3v) is 4.86. The fourth-order valence-corrected chi connectivity index (χ4v) is 3.43. The molecule has 1 aliphatic rings. The first-order valence-electron chi connectivity index (χ1n) is 10.0. The van der Waals surface area contributed by atoms with Crippen molar-refractivity contribution in [2.75, 3.05) is 5.01 Å². The molecule has 29 heavy (non-hydrogen) atoms. The number of rotatable bonds is 6. The Labute approximate surface area is 172 Å². The smallest absolute Gasteiger partial charge is 0.355 e. The molecule has 1 aromatic carbocycles. The van der Waals surface area contributed by atoms with Crippen molar-refractivity contribution < 1.29 is 19.1 Å². The lowest BCUT2D eigenvalue weighted by molar-refractivity contribution is -0.156. The molecule has 1 atom stereocenters. The van der Waals surface area contributed by atoms with E-state index in [0.29, 0.717) is 5.69 Å². The van der Waals surface area contributed by atoms with E-state index < -0.39 is 12.1 Å². The van der Waals surface area contributed by atoms with Gasteiger partial charge in [0.15, 0.2) is 6.10 Å². The maximum atomic E-state index is 12.7.